The summed E-state index contributed by atoms with van der Waals surface area (Å²) < 4.78 is 14.4. The van der Waals surface area contributed by atoms with Crippen molar-refractivity contribution in [1.82, 2.24) is 14.8 Å². The van der Waals surface area contributed by atoms with Gasteiger partial charge in [0, 0.05) is 35.7 Å². The first-order valence-electron chi connectivity index (χ1n) is 7.35. The number of carbonyl (C=O) groups is 1. The Morgan fingerprint density at radius 1 is 1.17 bits per heavy atom. The van der Waals surface area contributed by atoms with Gasteiger partial charge in [-0.1, -0.05) is 0 Å². The summed E-state index contributed by atoms with van der Waals surface area (Å²) in [5, 5.41) is 6.99. The van der Waals surface area contributed by atoms with Crippen LogP contribution in [0.15, 0.2) is 66.0 Å². The van der Waals surface area contributed by atoms with Crippen LogP contribution in [0, 0.1) is 5.82 Å². The molecule has 0 fully saturated rings. The lowest BCUT2D eigenvalue weighted by atomic mass is 10.3. The largest absolute Gasteiger partial charge is 0.323 e. The van der Waals surface area contributed by atoms with Crippen molar-refractivity contribution in [3.8, 4) is 5.82 Å². The Kier molecular flexibility index (Phi) is 5.22. The molecule has 7 heteroatoms. The fourth-order valence-electron chi connectivity index (χ4n) is 2.08. The molecule has 0 saturated heterocycles. The third-order valence-electron chi connectivity index (χ3n) is 3.19. The minimum Gasteiger partial charge on any atom is -0.323 e. The zero-order valence-electron chi connectivity index (χ0n) is 12.7. The number of hydrogen-bond donors (Lipinski definition) is 1. The van der Waals surface area contributed by atoms with Crippen LogP contribution in [-0.2, 0) is 4.79 Å². The monoisotopic (exact) mass is 342 g/mol. The quantitative estimate of drug-likeness (QED) is 0.696. The van der Waals surface area contributed by atoms with Crippen LogP contribution in [0.5, 0.6) is 0 Å². The van der Waals surface area contributed by atoms with Gasteiger partial charge in [-0.3, -0.25) is 4.79 Å². The molecular weight excluding hydrogens is 327 g/mol. The summed E-state index contributed by atoms with van der Waals surface area (Å²) in [5.41, 5.74) is 0.609. The van der Waals surface area contributed by atoms with Crippen molar-refractivity contribution < 1.29 is 9.18 Å². The molecule has 0 atom stereocenters. The number of carbonyl (C=O) groups excluding carboxylic acids is 1. The van der Waals surface area contributed by atoms with Gasteiger partial charge in [0.1, 0.15) is 5.82 Å². The molecule has 5 nitrogen and oxygen atoms in total. The Balaban J connectivity index is 1.57. The summed E-state index contributed by atoms with van der Waals surface area (Å²) in [4.78, 5) is 17.3. The highest BCUT2D eigenvalue weighted by molar-refractivity contribution is 7.99. The maximum atomic E-state index is 12.8. The van der Waals surface area contributed by atoms with Gasteiger partial charge in [0.25, 0.3) is 0 Å². The molecule has 2 heterocycles. The van der Waals surface area contributed by atoms with Crippen molar-refractivity contribution in [1.29, 1.82) is 0 Å². The number of benzene rings is 1. The van der Waals surface area contributed by atoms with Crippen LogP contribution < -0.4 is 5.32 Å². The molecule has 0 unspecified atom stereocenters. The van der Waals surface area contributed by atoms with Crippen molar-refractivity contribution >= 4 is 23.4 Å². The van der Waals surface area contributed by atoms with Gasteiger partial charge in [0.15, 0.2) is 5.82 Å². The Morgan fingerprint density at radius 3 is 2.75 bits per heavy atom. The third kappa shape index (κ3) is 4.20. The van der Waals surface area contributed by atoms with Crippen LogP contribution >= 0.6 is 11.8 Å². The topological polar surface area (TPSA) is 59.8 Å². The third-order valence-corrected chi connectivity index (χ3v) is 4.21. The average molecular weight is 342 g/mol. The number of rotatable bonds is 6. The molecule has 1 N–H and O–H groups in total. The van der Waals surface area contributed by atoms with E-state index in [-0.39, 0.29) is 11.7 Å². The summed E-state index contributed by atoms with van der Waals surface area (Å²) in [5.74, 6) is 0.808. The average Bonchev–Trinajstić information content (AvgIpc) is 3.11. The minimum absolute atomic E-state index is 0.106. The maximum Gasteiger partial charge on any atom is 0.225 e. The number of hydrogen-bond acceptors (Lipinski definition) is 4. The van der Waals surface area contributed by atoms with Crippen molar-refractivity contribution in [3.63, 3.8) is 0 Å². The Bertz CT molecular complexity index is 806. The molecule has 0 bridgehead atoms. The van der Waals surface area contributed by atoms with Crippen LogP contribution in [0.3, 0.4) is 0 Å². The second kappa shape index (κ2) is 7.74. The van der Waals surface area contributed by atoms with Crippen molar-refractivity contribution in [2.75, 3.05) is 11.1 Å². The van der Waals surface area contributed by atoms with E-state index in [1.807, 2.05) is 0 Å². The van der Waals surface area contributed by atoms with Crippen LogP contribution in [-0.4, -0.2) is 26.4 Å². The van der Waals surface area contributed by atoms with Gasteiger partial charge in [-0.05, 0) is 42.5 Å². The smallest absolute Gasteiger partial charge is 0.225 e. The van der Waals surface area contributed by atoms with E-state index in [4.69, 9.17) is 0 Å². The van der Waals surface area contributed by atoms with E-state index in [1.54, 1.807) is 53.6 Å². The lowest BCUT2D eigenvalue weighted by molar-refractivity contribution is -0.115. The van der Waals surface area contributed by atoms with E-state index in [2.05, 4.69) is 15.4 Å². The van der Waals surface area contributed by atoms with Gasteiger partial charge in [0.05, 0.1) is 5.69 Å². The van der Waals surface area contributed by atoms with Gasteiger partial charge < -0.3 is 5.32 Å². The molecular formula is C17H15FN4OS. The van der Waals surface area contributed by atoms with Gasteiger partial charge in [-0.25, -0.2) is 14.1 Å². The summed E-state index contributed by atoms with van der Waals surface area (Å²) >= 11 is 1.51. The molecule has 0 aliphatic rings. The molecule has 2 aromatic heterocycles. The van der Waals surface area contributed by atoms with Crippen LogP contribution in [0.2, 0.25) is 0 Å². The molecule has 3 rings (SSSR count). The molecule has 0 spiro atoms. The predicted octanol–water partition coefficient (Wildman–Crippen LogP) is 3.53. The van der Waals surface area contributed by atoms with Crippen LogP contribution in [0.25, 0.3) is 5.82 Å². The van der Waals surface area contributed by atoms with E-state index < -0.39 is 0 Å². The van der Waals surface area contributed by atoms with Crippen LogP contribution in [0.4, 0.5) is 10.1 Å². The fraction of sp³-hybridized carbons (Fsp3) is 0.118. The Labute approximate surface area is 142 Å². The molecule has 0 aliphatic carbocycles. The zero-order valence-corrected chi connectivity index (χ0v) is 13.5. The zero-order chi connectivity index (χ0) is 16.8. The number of halogens is 1. The Morgan fingerprint density at radius 2 is 2.00 bits per heavy atom. The number of aromatic nitrogens is 3. The SMILES string of the molecule is O=C(CCSc1ccc(F)cc1)Nc1cccnc1-n1cccn1. The molecule has 1 aromatic carbocycles. The highest BCUT2D eigenvalue weighted by atomic mass is 32.2. The first-order chi connectivity index (χ1) is 11.7. The summed E-state index contributed by atoms with van der Waals surface area (Å²) in [7, 11) is 0. The number of nitrogens with one attached hydrogen (secondary N) is 1. The summed E-state index contributed by atoms with van der Waals surface area (Å²) in [6.07, 6.45) is 5.41. The van der Waals surface area contributed by atoms with Gasteiger partial charge >= 0.3 is 0 Å². The number of amides is 1. The number of nitrogens with zero attached hydrogens (tertiary/aromatic N) is 3. The number of thioether (sulfide) groups is 1. The molecule has 0 aliphatic heterocycles. The molecule has 3 aromatic rings. The molecule has 1 amide bonds. The summed E-state index contributed by atoms with van der Waals surface area (Å²) in [6, 6.07) is 11.6. The summed E-state index contributed by atoms with van der Waals surface area (Å²) in [6.45, 7) is 0. The van der Waals surface area contributed by atoms with Crippen molar-refractivity contribution in [3.05, 3.63) is 66.9 Å². The first kappa shape index (κ1) is 16.2. The second-order valence-electron chi connectivity index (χ2n) is 4.93. The van der Waals surface area contributed by atoms with Gasteiger partial charge in [-0.15, -0.1) is 11.8 Å². The second-order valence-corrected chi connectivity index (χ2v) is 6.09. The number of pyridine rings is 1. The minimum atomic E-state index is -0.264. The lowest BCUT2D eigenvalue weighted by Gasteiger charge is -2.09. The molecule has 0 radical (unpaired) electrons. The van der Waals surface area contributed by atoms with Crippen molar-refractivity contribution in [2.24, 2.45) is 0 Å². The normalized spacial score (nSPS) is 10.5. The van der Waals surface area contributed by atoms with E-state index in [9.17, 15) is 9.18 Å². The van der Waals surface area contributed by atoms with Crippen molar-refractivity contribution in [2.45, 2.75) is 11.3 Å². The Hall–Kier alpha value is -2.67. The maximum absolute atomic E-state index is 12.8. The predicted molar refractivity (Wildman–Crippen MR) is 91.7 cm³/mol. The van der Waals surface area contributed by atoms with Gasteiger partial charge in [0.2, 0.25) is 5.91 Å². The lowest BCUT2D eigenvalue weighted by Crippen LogP contribution is -2.15. The van der Waals surface area contributed by atoms with Crippen LogP contribution in [0.1, 0.15) is 6.42 Å². The fourth-order valence-corrected chi connectivity index (χ4v) is 2.93. The standard InChI is InChI=1S/C17H15FN4OS/c18-13-4-6-14(7-5-13)24-12-8-16(23)21-15-3-1-9-19-17(15)22-11-2-10-20-22/h1-7,9-11H,8,12H2,(H,21,23). The van der Waals surface area contributed by atoms with E-state index in [1.165, 1.54) is 23.9 Å². The molecule has 24 heavy (non-hydrogen) atoms. The van der Waals surface area contributed by atoms with E-state index in [0.717, 1.165) is 4.90 Å². The molecule has 0 saturated carbocycles. The highest BCUT2D eigenvalue weighted by Crippen LogP contribution is 2.20. The van der Waals surface area contributed by atoms with E-state index >= 15 is 0 Å². The molecule has 122 valence electrons. The highest BCUT2D eigenvalue weighted by Gasteiger charge is 2.09. The first-order valence-corrected chi connectivity index (χ1v) is 8.34. The van der Waals surface area contributed by atoms with E-state index in [0.29, 0.717) is 23.7 Å². The number of anilines is 1. The van der Waals surface area contributed by atoms with Gasteiger partial charge in [-0.2, -0.15) is 5.10 Å².